The molecule has 2 aliphatic rings. The number of hydrogen-bond acceptors (Lipinski definition) is 2. The molecule has 0 radical (unpaired) electrons. The van der Waals surface area contributed by atoms with Gasteiger partial charge in [0.05, 0.1) is 14.2 Å². The number of rotatable bonds is 2. The van der Waals surface area contributed by atoms with E-state index >= 15 is 0 Å². The minimum absolute atomic E-state index is 0.851. The lowest BCUT2D eigenvalue weighted by molar-refractivity contribution is 0.239. The largest absolute Gasteiger partial charge is 0.493 e. The molecule has 3 rings (SSSR count). The Kier molecular flexibility index (Phi) is 4.18. The molecule has 0 heterocycles. The third kappa shape index (κ3) is 2.53. The molecule has 0 N–H and O–H groups in total. The normalized spacial score (nSPS) is 25.9. The van der Waals surface area contributed by atoms with Crippen LogP contribution in [0.15, 0.2) is 12.1 Å². The van der Waals surface area contributed by atoms with Gasteiger partial charge in [-0.25, -0.2) is 0 Å². The molecule has 0 aromatic heterocycles. The van der Waals surface area contributed by atoms with Gasteiger partial charge in [-0.3, -0.25) is 0 Å². The Morgan fingerprint density at radius 3 is 2.20 bits per heavy atom. The number of fused-ring (bicyclic) bond motifs is 2. The zero-order valence-corrected chi connectivity index (χ0v) is 12.8. The van der Waals surface area contributed by atoms with Crippen molar-refractivity contribution in [3.05, 3.63) is 23.3 Å². The fourth-order valence-corrected chi connectivity index (χ4v) is 4.17. The number of hydrogen-bond donors (Lipinski definition) is 0. The zero-order valence-electron chi connectivity index (χ0n) is 12.8. The summed E-state index contributed by atoms with van der Waals surface area (Å²) >= 11 is 0. The monoisotopic (exact) mass is 274 g/mol. The Morgan fingerprint density at radius 2 is 1.55 bits per heavy atom. The van der Waals surface area contributed by atoms with Crippen molar-refractivity contribution in [3.8, 4) is 11.5 Å². The molecule has 1 aromatic rings. The molecule has 0 spiro atoms. The molecule has 110 valence electrons. The molecule has 2 aliphatic carbocycles. The van der Waals surface area contributed by atoms with Crippen LogP contribution in [0.25, 0.3) is 0 Å². The molecule has 0 bridgehead atoms. The van der Waals surface area contributed by atoms with Crippen molar-refractivity contribution in [1.82, 2.24) is 0 Å². The molecule has 1 saturated carbocycles. The Morgan fingerprint density at radius 1 is 0.850 bits per heavy atom. The maximum absolute atomic E-state index is 5.65. The van der Waals surface area contributed by atoms with E-state index in [1.807, 2.05) is 0 Å². The van der Waals surface area contributed by atoms with Crippen LogP contribution < -0.4 is 9.47 Å². The average molecular weight is 274 g/mol. The fourth-order valence-electron chi connectivity index (χ4n) is 4.17. The summed E-state index contributed by atoms with van der Waals surface area (Å²) in [6.45, 7) is 0. The minimum Gasteiger partial charge on any atom is -0.493 e. The zero-order chi connectivity index (χ0) is 13.9. The lowest BCUT2D eigenvalue weighted by Crippen LogP contribution is -2.27. The van der Waals surface area contributed by atoms with Crippen molar-refractivity contribution >= 4 is 0 Å². The summed E-state index contributed by atoms with van der Waals surface area (Å²) in [4.78, 5) is 0. The van der Waals surface area contributed by atoms with Crippen LogP contribution in [-0.4, -0.2) is 14.2 Å². The third-order valence-corrected chi connectivity index (χ3v) is 5.26. The summed E-state index contributed by atoms with van der Waals surface area (Å²) in [7, 11) is 3.49. The number of benzene rings is 1. The highest BCUT2D eigenvalue weighted by atomic mass is 16.5. The predicted molar refractivity (Wildman–Crippen MR) is 81.6 cm³/mol. The van der Waals surface area contributed by atoms with E-state index in [9.17, 15) is 0 Å². The van der Waals surface area contributed by atoms with E-state index in [1.165, 1.54) is 62.5 Å². The first-order valence-corrected chi connectivity index (χ1v) is 8.06. The molecule has 1 fully saturated rings. The second-order valence-corrected chi connectivity index (χ2v) is 6.36. The molecular formula is C18H26O2. The molecule has 0 aliphatic heterocycles. The lowest BCUT2D eigenvalue weighted by Gasteiger charge is -2.35. The Bertz CT molecular complexity index is 467. The van der Waals surface area contributed by atoms with Gasteiger partial charge in [0.2, 0.25) is 0 Å². The average Bonchev–Trinajstić information content (AvgIpc) is 2.46. The molecule has 1 aromatic carbocycles. The van der Waals surface area contributed by atoms with Gasteiger partial charge in [-0.05, 0) is 49.1 Å². The topological polar surface area (TPSA) is 18.5 Å². The smallest absolute Gasteiger partial charge is 0.164 e. The van der Waals surface area contributed by atoms with E-state index in [2.05, 4.69) is 12.1 Å². The summed E-state index contributed by atoms with van der Waals surface area (Å²) in [6.07, 6.45) is 10.9. The molecule has 0 amide bonds. The van der Waals surface area contributed by atoms with Crippen LogP contribution in [0.1, 0.15) is 49.7 Å². The van der Waals surface area contributed by atoms with E-state index in [4.69, 9.17) is 9.47 Å². The van der Waals surface area contributed by atoms with Gasteiger partial charge in [-0.2, -0.15) is 0 Å². The maximum atomic E-state index is 5.65. The first kappa shape index (κ1) is 13.8. The van der Waals surface area contributed by atoms with E-state index in [-0.39, 0.29) is 0 Å². The number of ether oxygens (including phenoxy) is 2. The molecular weight excluding hydrogens is 248 g/mol. The summed E-state index contributed by atoms with van der Waals surface area (Å²) < 4.78 is 11.1. The van der Waals surface area contributed by atoms with Crippen LogP contribution in [0.3, 0.4) is 0 Å². The van der Waals surface area contributed by atoms with Crippen LogP contribution in [0.2, 0.25) is 0 Å². The van der Waals surface area contributed by atoms with Crippen molar-refractivity contribution in [1.29, 1.82) is 0 Å². The van der Waals surface area contributed by atoms with Gasteiger partial charge in [0.25, 0.3) is 0 Å². The maximum Gasteiger partial charge on any atom is 0.164 e. The molecule has 0 saturated heterocycles. The third-order valence-electron chi connectivity index (χ3n) is 5.26. The van der Waals surface area contributed by atoms with Crippen molar-refractivity contribution < 1.29 is 9.47 Å². The molecule has 2 atom stereocenters. The Hall–Kier alpha value is -1.18. The van der Waals surface area contributed by atoms with Crippen LogP contribution in [0, 0.1) is 11.8 Å². The second kappa shape index (κ2) is 6.07. The Labute approximate surface area is 122 Å². The Balaban J connectivity index is 1.92. The van der Waals surface area contributed by atoms with E-state index in [0.717, 1.165) is 23.3 Å². The van der Waals surface area contributed by atoms with E-state index < -0.39 is 0 Å². The predicted octanol–water partition coefficient (Wildman–Crippen LogP) is 4.39. The molecule has 1 unspecified atom stereocenters. The summed E-state index contributed by atoms with van der Waals surface area (Å²) in [5, 5.41) is 0. The molecule has 20 heavy (non-hydrogen) atoms. The van der Waals surface area contributed by atoms with Gasteiger partial charge in [-0.1, -0.05) is 31.7 Å². The highest BCUT2D eigenvalue weighted by molar-refractivity contribution is 5.52. The highest BCUT2D eigenvalue weighted by Crippen LogP contribution is 2.44. The van der Waals surface area contributed by atoms with Gasteiger partial charge in [0.1, 0.15) is 0 Å². The van der Waals surface area contributed by atoms with Crippen LogP contribution in [0.5, 0.6) is 11.5 Å². The van der Waals surface area contributed by atoms with Crippen LogP contribution in [-0.2, 0) is 12.8 Å². The standard InChI is InChI=1S/C18H26O2/c1-19-17-10-9-15-11-13-7-5-3-4-6-8-14(13)12-16(15)18(17)20-2/h9-10,13-14H,3-8,11-12H2,1-2H3/t13?,14-/m1/s1. The molecule has 2 heteroatoms. The SMILES string of the molecule is COc1ccc2c(c1OC)C[C@H]1CCCCCCC1C2. The van der Waals surface area contributed by atoms with Gasteiger partial charge in [0, 0.05) is 5.56 Å². The summed E-state index contributed by atoms with van der Waals surface area (Å²) in [6, 6.07) is 4.33. The summed E-state index contributed by atoms with van der Waals surface area (Å²) in [5.41, 5.74) is 2.90. The first-order valence-electron chi connectivity index (χ1n) is 8.06. The highest BCUT2D eigenvalue weighted by Gasteiger charge is 2.31. The lowest BCUT2D eigenvalue weighted by atomic mass is 9.70. The van der Waals surface area contributed by atoms with Crippen LogP contribution >= 0.6 is 0 Å². The van der Waals surface area contributed by atoms with Crippen molar-refractivity contribution in [3.63, 3.8) is 0 Å². The van der Waals surface area contributed by atoms with Crippen molar-refractivity contribution in [2.24, 2.45) is 11.8 Å². The summed E-state index contributed by atoms with van der Waals surface area (Å²) in [5.74, 6) is 3.60. The van der Waals surface area contributed by atoms with Gasteiger partial charge in [-0.15, -0.1) is 0 Å². The van der Waals surface area contributed by atoms with Gasteiger partial charge >= 0.3 is 0 Å². The van der Waals surface area contributed by atoms with Gasteiger partial charge < -0.3 is 9.47 Å². The van der Waals surface area contributed by atoms with E-state index in [0.29, 0.717) is 0 Å². The van der Waals surface area contributed by atoms with Crippen LogP contribution in [0.4, 0.5) is 0 Å². The minimum atomic E-state index is 0.851. The van der Waals surface area contributed by atoms with E-state index in [1.54, 1.807) is 14.2 Å². The first-order chi connectivity index (χ1) is 9.83. The van der Waals surface area contributed by atoms with Crippen molar-refractivity contribution in [2.75, 3.05) is 14.2 Å². The molecule has 2 nitrogen and oxygen atoms in total. The van der Waals surface area contributed by atoms with Crippen molar-refractivity contribution in [2.45, 2.75) is 51.4 Å². The fraction of sp³-hybridized carbons (Fsp3) is 0.667. The second-order valence-electron chi connectivity index (χ2n) is 6.36. The van der Waals surface area contributed by atoms with Gasteiger partial charge in [0.15, 0.2) is 11.5 Å². The quantitative estimate of drug-likeness (QED) is 0.796. The number of methoxy groups -OCH3 is 2.